The van der Waals surface area contributed by atoms with Gasteiger partial charge >= 0.3 is 12.2 Å². The number of pyridine rings is 1. The first-order valence-corrected chi connectivity index (χ1v) is 4.32. The minimum atomic E-state index is -2.81. The second kappa shape index (κ2) is 3.95. The zero-order valence-electron chi connectivity index (χ0n) is 7.00. The van der Waals surface area contributed by atoms with Crippen LogP contribution < -0.4 is 0 Å². The number of halogens is 3. The fraction of sp³-hybridized carbons (Fsp3) is 0.286. The van der Waals surface area contributed by atoms with Crippen molar-refractivity contribution in [3.05, 3.63) is 31.9 Å². The quantitative estimate of drug-likeness (QED) is 0.611. The maximum absolute atomic E-state index is 12.3. The van der Waals surface area contributed by atoms with E-state index in [-0.39, 0.29) is 10.0 Å². The van der Waals surface area contributed by atoms with E-state index in [1.807, 2.05) is 0 Å². The van der Waals surface area contributed by atoms with Crippen molar-refractivity contribution in [1.82, 2.24) is 4.98 Å². The molecule has 0 N–H and O–H groups in total. The van der Waals surface area contributed by atoms with Gasteiger partial charge in [-0.1, -0.05) is 15.9 Å². The molecule has 0 unspecified atom stereocenters. The van der Waals surface area contributed by atoms with Gasteiger partial charge in [0, 0.05) is 10.0 Å². The number of rotatable bonds is 2. The van der Waals surface area contributed by atoms with E-state index < -0.39 is 22.9 Å². The summed E-state index contributed by atoms with van der Waals surface area (Å²) in [5, 5.41) is 10.3. The minimum Gasteiger partial charge on any atom is -0.358 e. The molecule has 0 amide bonds. The average molecular weight is 267 g/mol. The van der Waals surface area contributed by atoms with Crippen LogP contribution in [0.3, 0.4) is 0 Å². The molecule has 76 valence electrons. The lowest BCUT2D eigenvalue weighted by molar-refractivity contribution is -0.389. The largest absolute Gasteiger partial charge is 0.365 e. The second-order valence-electron chi connectivity index (χ2n) is 2.53. The molecule has 1 rings (SSSR count). The molecule has 0 bridgehead atoms. The Kier molecular flexibility index (Phi) is 3.10. The van der Waals surface area contributed by atoms with E-state index in [0.29, 0.717) is 0 Å². The molecule has 0 aliphatic carbocycles. The lowest BCUT2D eigenvalue weighted by atomic mass is 10.2. The standard InChI is InChI=1S/C7H5BrF2N2O2/c1-3-4(8)2-5(12(13)14)11-6(3)7(9)10/h2,7H,1H3. The van der Waals surface area contributed by atoms with Crippen LogP contribution >= 0.6 is 15.9 Å². The summed E-state index contributed by atoms with van der Waals surface area (Å²) in [6, 6.07) is 1.10. The lowest BCUT2D eigenvalue weighted by Crippen LogP contribution is -2.00. The highest BCUT2D eigenvalue weighted by atomic mass is 79.9. The first kappa shape index (κ1) is 11.0. The highest BCUT2D eigenvalue weighted by Gasteiger charge is 2.23. The molecule has 0 spiro atoms. The van der Waals surface area contributed by atoms with Crippen molar-refractivity contribution in [3.8, 4) is 0 Å². The minimum absolute atomic E-state index is 0.214. The smallest absolute Gasteiger partial charge is 0.358 e. The molecule has 0 fully saturated rings. The monoisotopic (exact) mass is 266 g/mol. The van der Waals surface area contributed by atoms with Crippen LogP contribution in [0.5, 0.6) is 0 Å². The highest BCUT2D eigenvalue weighted by Crippen LogP contribution is 2.29. The molecule has 0 atom stereocenters. The zero-order valence-corrected chi connectivity index (χ0v) is 8.59. The summed E-state index contributed by atoms with van der Waals surface area (Å²) < 4.78 is 24.9. The van der Waals surface area contributed by atoms with E-state index in [9.17, 15) is 18.9 Å². The van der Waals surface area contributed by atoms with Crippen LogP contribution in [0.2, 0.25) is 0 Å². The first-order valence-electron chi connectivity index (χ1n) is 3.53. The van der Waals surface area contributed by atoms with E-state index in [1.165, 1.54) is 6.92 Å². The number of nitro groups is 1. The Hall–Kier alpha value is -1.11. The van der Waals surface area contributed by atoms with Crippen molar-refractivity contribution < 1.29 is 13.7 Å². The molecule has 1 heterocycles. The van der Waals surface area contributed by atoms with Crippen molar-refractivity contribution in [3.63, 3.8) is 0 Å². The molecule has 0 aliphatic rings. The summed E-state index contributed by atoms with van der Waals surface area (Å²) in [6.07, 6.45) is -2.81. The van der Waals surface area contributed by atoms with Crippen molar-refractivity contribution in [2.75, 3.05) is 0 Å². The molecule has 0 radical (unpaired) electrons. The Balaban J connectivity index is 3.35. The zero-order chi connectivity index (χ0) is 10.9. The van der Waals surface area contributed by atoms with Crippen molar-refractivity contribution in [1.29, 1.82) is 0 Å². The molecular formula is C7H5BrF2N2O2. The van der Waals surface area contributed by atoms with Crippen LogP contribution in [0.25, 0.3) is 0 Å². The third kappa shape index (κ3) is 2.03. The summed E-state index contributed by atoms with van der Waals surface area (Å²) in [6.45, 7) is 1.42. The van der Waals surface area contributed by atoms with Crippen molar-refractivity contribution >= 4 is 21.7 Å². The Bertz CT molecular complexity index is 384. The van der Waals surface area contributed by atoms with Crippen LogP contribution in [-0.4, -0.2) is 9.91 Å². The van der Waals surface area contributed by atoms with Gasteiger partial charge in [0.1, 0.15) is 0 Å². The van der Waals surface area contributed by atoms with Gasteiger partial charge in [0.25, 0.3) is 0 Å². The van der Waals surface area contributed by atoms with Gasteiger partial charge in [-0.3, -0.25) is 0 Å². The van der Waals surface area contributed by atoms with Gasteiger partial charge in [0.05, 0.1) is 6.07 Å². The topological polar surface area (TPSA) is 56.0 Å². The predicted octanol–water partition coefficient (Wildman–Crippen LogP) is 3.00. The van der Waals surface area contributed by atoms with E-state index in [1.54, 1.807) is 0 Å². The molecule has 0 aromatic carbocycles. The number of hydrogen-bond acceptors (Lipinski definition) is 3. The van der Waals surface area contributed by atoms with Gasteiger partial charge in [-0.05, 0) is 16.8 Å². The maximum atomic E-state index is 12.3. The summed E-state index contributed by atoms with van der Waals surface area (Å²) in [5.41, 5.74) is -0.350. The summed E-state index contributed by atoms with van der Waals surface area (Å²) >= 11 is 2.96. The number of aromatic nitrogens is 1. The number of nitrogens with zero attached hydrogens (tertiary/aromatic N) is 2. The molecule has 1 aromatic heterocycles. The van der Waals surface area contributed by atoms with Gasteiger partial charge in [-0.15, -0.1) is 0 Å². The molecule has 1 aromatic rings. The van der Waals surface area contributed by atoms with Crippen molar-refractivity contribution in [2.45, 2.75) is 13.3 Å². The second-order valence-corrected chi connectivity index (χ2v) is 3.38. The third-order valence-corrected chi connectivity index (χ3v) is 2.45. The predicted molar refractivity (Wildman–Crippen MR) is 48.3 cm³/mol. The fourth-order valence-corrected chi connectivity index (χ4v) is 1.30. The number of hydrogen-bond donors (Lipinski definition) is 0. The molecule has 4 nitrogen and oxygen atoms in total. The molecule has 0 saturated heterocycles. The van der Waals surface area contributed by atoms with Gasteiger partial charge < -0.3 is 10.1 Å². The molecule has 0 saturated carbocycles. The third-order valence-electron chi connectivity index (χ3n) is 1.63. The SMILES string of the molecule is Cc1c(Br)cc([N+](=O)[O-])nc1C(F)F. The van der Waals surface area contributed by atoms with Gasteiger partial charge in [-0.2, -0.15) is 0 Å². The van der Waals surface area contributed by atoms with E-state index in [0.717, 1.165) is 6.07 Å². The molecule has 14 heavy (non-hydrogen) atoms. The number of alkyl halides is 2. The van der Waals surface area contributed by atoms with Crippen molar-refractivity contribution in [2.24, 2.45) is 0 Å². The van der Waals surface area contributed by atoms with Crippen LogP contribution in [0.15, 0.2) is 10.5 Å². The summed E-state index contributed by atoms with van der Waals surface area (Å²) in [7, 11) is 0. The summed E-state index contributed by atoms with van der Waals surface area (Å²) in [4.78, 5) is 12.8. The van der Waals surface area contributed by atoms with Gasteiger partial charge in [0.2, 0.25) is 5.69 Å². The van der Waals surface area contributed by atoms with E-state index in [2.05, 4.69) is 20.9 Å². The first-order chi connectivity index (χ1) is 6.43. The maximum Gasteiger partial charge on any atom is 0.365 e. The molecule has 7 heteroatoms. The Morgan fingerprint density at radius 3 is 2.64 bits per heavy atom. The molecular weight excluding hydrogens is 262 g/mol. The molecule has 0 aliphatic heterocycles. The average Bonchev–Trinajstić information content (AvgIpc) is 2.08. The van der Waals surface area contributed by atoms with E-state index in [4.69, 9.17) is 0 Å². The van der Waals surface area contributed by atoms with Gasteiger partial charge in [-0.25, -0.2) is 8.78 Å². The summed E-state index contributed by atoms with van der Waals surface area (Å²) in [5.74, 6) is -0.585. The highest BCUT2D eigenvalue weighted by molar-refractivity contribution is 9.10. The van der Waals surface area contributed by atoms with Crippen LogP contribution in [0.4, 0.5) is 14.6 Å². The Morgan fingerprint density at radius 1 is 1.64 bits per heavy atom. The van der Waals surface area contributed by atoms with Gasteiger partial charge in [0.15, 0.2) is 0 Å². The lowest BCUT2D eigenvalue weighted by Gasteiger charge is -2.01. The van der Waals surface area contributed by atoms with E-state index >= 15 is 0 Å². The normalized spacial score (nSPS) is 10.6. The Morgan fingerprint density at radius 2 is 2.21 bits per heavy atom. The fourth-order valence-electron chi connectivity index (χ4n) is 0.889. The van der Waals surface area contributed by atoms with Crippen LogP contribution in [0, 0.1) is 17.0 Å². The van der Waals surface area contributed by atoms with Crippen LogP contribution in [-0.2, 0) is 0 Å². The Labute approximate surface area is 86.2 Å². The van der Waals surface area contributed by atoms with Crippen LogP contribution in [0.1, 0.15) is 17.7 Å².